The molecule has 0 N–H and O–H groups in total. The summed E-state index contributed by atoms with van der Waals surface area (Å²) in [5.41, 5.74) is 0.785. The molecule has 0 spiro atoms. The highest BCUT2D eigenvalue weighted by Gasteiger charge is 2.36. The zero-order chi connectivity index (χ0) is 14.0. The van der Waals surface area contributed by atoms with Crippen LogP contribution in [-0.2, 0) is 9.53 Å². The van der Waals surface area contributed by atoms with Gasteiger partial charge in [0.25, 0.3) is 11.8 Å². The maximum absolute atomic E-state index is 12.1. The van der Waals surface area contributed by atoms with Crippen LogP contribution in [0.5, 0.6) is 0 Å². The maximum Gasteiger partial charge on any atom is 0.302 e. The quantitative estimate of drug-likeness (QED) is 0.479. The number of alkyl halides is 1. The van der Waals surface area contributed by atoms with Gasteiger partial charge in [0, 0.05) is 12.3 Å². The SMILES string of the molecule is CC(=O)O[C@@H](CBr)CN1C(=O)c2ccccc2C1=O. The highest BCUT2D eigenvalue weighted by molar-refractivity contribution is 9.09. The predicted octanol–water partition coefficient (Wildman–Crippen LogP) is 1.61. The highest BCUT2D eigenvalue weighted by atomic mass is 79.9. The third-order valence-corrected chi connectivity index (χ3v) is 3.49. The molecule has 2 rings (SSSR count). The monoisotopic (exact) mass is 325 g/mol. The molecule has 0 aromatic heterocycles. The van der Waals surface area contributed by atoms with Crippen molar-refractivity contribution in [3.8, 4) is 0 Å². The van der Waals surface area contributed by atoms with Crippen LogP contribution >= 0.6 is 15.9 Å². The van der Waals surface area contributed by atoms with Gasteiger partial charge in [0.05, 0.1) is 17.7 Å². The fourth-order valence-corrected chi connectivity index (χ4v) is 2.30. The van der Waals surface area contributed by atoms with E-state index in [0.29, 0.717) is 16.5 Å². The van der Waals surface area contributed by atoms with E-state index < -0.39 is 12.1 Å². The number of halogens is 1. The topological polar surface area (TPSA) is 63.7 Å². The number of esters is 1. The molecule has 2 amide bonds. The molecule has 6 heteroatoms. The number of ether oxygens (including phenoxy) is 1. The fourth-order valence-electron chi connectivity index (χ4n) is 1.96. The van der Waals surface area contributed by atoms with Gasteiger partial charge in [0.2, 0.25) is 0 Å². The largest absolute Gasteiger partial charge is 0.460 e. The first kappa shape index (κ1) is 13.7. The Kier molecular flexibility index (Phi) is 3.99. The smallest absolute Gasteiger partial charge is 0.302 e. The van der Waals surface area contributed by atoms with Crippen molar-refractivity contribution in [1.82, 2.24) is 4.90 Å². The molecule has 0 radical (unpaired) electrons. The first-order valence-corrected chi connectivity index (χ1v) is 6.85. The number of fused-ring (bicyclic) bond motifs is 1. The standard InChI is InChI=1S/C13H12BrNO4/c1-8(16)19-9(6-14)7-15-12(17)10-4-2-3-5-11(10)13(15)18/h2-5,9H,6-7H2,1H3/t9-/m0/s1. The molecule has 1 aliphatic rings. The predicted molar refractivity (Wildman–Crippen MR) is 71.2 cm³/mol. The lowest BCUT2D eigenvalue weighted by molar-refractivity contribution is -0.145. The molecule has 1 aromatic rings. The van der Waals surface area contributed by atoms with Crippen LogP contribution in [0.25, 0.3) is 0 Å². The van der Waals surface area contributed by atoms with Crippen LogP contribution in [0, 0.1) is 0 Å². The van der Waals surface area contributed by atoms with E-state index in [0.717, 1.165) is 4.90 Å². The zero-order valence-corrected chi connectivity index (χ0v) is 11.8. The van der Waals surface area contributed by atoms with Crippen molar-refractivity contribution >= 4 is 33.7 Å². The summed E-state index contributed by atoms with van der Waals surface area (Å²) in [4.78, 5) is 36.2. The van der Waals surface area contributed by atoms with Crippen molar-refractivity contribution in [3.05, 3.63) is 35.4 Å². The zero-order valence-electron chi connectivity index (χ0n) is 10.3. The number of rotatable bonds is 4. The molecule has 1 atom stereocenters. The molecule has 1 aliphatic heterocycles. The van der Waals surface area contributed by atoms with Crippen LogP contribution in [0.3, 0.4) is 0 Å². The van der Waals surface area contributed by atoms with Crippen molar-refractivity contribution in [2.45, 2.75) is 13.0 Å². The minimum Gasteiger partial charge on any atom is -0.460 e. The van der Waals surface area contributed by atoms with Crippen molar-refractivity contribution in [1.29, 1.82) is 0 Å². The molecule has 1 heterocycles. The summed E-state index contributed by atoms with van der Waals surface area (Å²) in [6.07, 6.45) is -0.542. The third-order valence-electron chi connectivity index (χ3n) is 2.77. The van der Waals surface area contributed by atoms with Gasteiger partial charge in [-0.05, 0) is 12.1 Å². The van der Waals surface area contributed by atoms with E-state index in [2.05, 4.69) is 15.9 Å². The van der Waals surface area contributed by atoms with Gasteiger partial charge in [-0.3, -0.25) is 19.3 Å². The summed E-state index contributed by atoms with van der Waals surface area (Å²) in [7, 11) is 0. The molecular formula is C13H12BrNO4. The minimum atomic E-state index is -0.542. The second-order valence-corrected chi connectivity index (χ2v) is 4.80. The number of amides is 2. The lowest BCUT2D eigenvalue weighted by Gasteiger charge is -2.20. The summed E-state index contributed by atoms with van der Waals surface area (Å²) in [5.74, 6) is -1.14. The number of benzene rings is 1. The number of nitrogens with zero attached hydrogens (tertiary/aromatic N) is 1. The Labute approximate surface area is 118 Å². The van der Waals surface area contributed by atoms with Crippen molar-refractivity contribution in [2.75, 3.05) is 11.9 Å². The second-order valence-electron chi connectivity index (χ2n) is 4.15. The molecule has 19 heavy (non-hydrogen) atoms. The van der Waals surface area contributed by atoms with E-state index in [-0.39, 0.29) is 18.4 Å². The molecule has 0 unspecified atom stereocenters. The summed E-state index contributed by atoms with van der Waals surface area (Å²) in [6, 6.07) is 6.65. The Morgan fingerprint density at radius 2 is 1.79 bits per heavy atom. The van der Waals surface area contributed by atoms with E-state index in [4.69, 9.17) is 4.74 Å². The highest BCUT2D eigenvalue weighted by Crippen LogP contribution is 2.23. The Morgan fingerprint density at radius 1 is 1.26 bits per heavy atom. The lowest BCUT2D eigenvalue weighted by atomic mass is 10.1. The van der Waals surface area contributed by atoms with Gasteiger partial charge in [-0.15, -0.1) is 0 Å². The molecule has 0 aliphatic carbocycles. The molecule has 100 valence electrons. The Bertz CT molecular complexity index is 508. The number of hydrogen-bond acceptors (Lipinski definition) is 4. The second kappa shape index (κ2) is 5.52. The van der Waals surface area contributed by atoms with Gasteiger partial charge in [0.15, 0.2) is 0 Å². The average molecular weight is 326 g/mol. The van der Waals surface area contributed by atoms with Gasteiger partial charge < -0.3 is 4.74 Å². The van der Waals surface area contributed by atoms with Crippen LogP contribution < -0.4 is 0 Å². The third kappa shape index (κ3) is 2.68. The van der Waals surface area contributed by atoms with Crippen LogP contribution in [0.1, 0.15) is 27.6 Å². The Morgan fingerprint density at radius 3 is 2.21 bits per heavy atom. The van der Waals surface area contributed by atoms with E-state index in [1.165, 1.54) is 6.92 Å². The normalized spacial score (nSPS) is 15.4. The van der Waals surface area contributed by atoms with E-state index in [9.17, 15) is 14.4 Å². The molecule has 0 saturated carbocycles. The summed E-state index contributed by atoms with van der Waals surface area (Å²) in [6.45, 7) is 1.34. The number of imide groups is 1. The van der Waals surface area contributed by atoms with Crippen LogP contribution in [0.2, 0.25) is 0 Å². The summed E-state index contributed by atoms with van der Waals surface area (Å²) in [5, 5.41) is 0.361. The molecule has 0 bridgehead atoms. The fraction of sp³-hybridized carbons (Fsp3) is 0.308. The Balaban J connectivity index is 2.17. The van der Waals surface area contributed by atoms with Crippen molar-refractivity contribution in [2.24, 2.45) is 0 Å². The first-order valence-electron chi connectivity index (χ1n) is 5.73. The summed E-state index contributed by atoms with van der Waals surface area (Å²) >= 11 is 3.20. The number of hydrogen-bond donors (Lipinski definition) is 0. The molecule has 1 aromatic carbocycles. The van der Waals surface area contributed by atoms with Gasteiger partial charge >= 0.3 is 5.97 Å². The van der Waals surface area contributed by atoms with Crippen LogP contribution in [0.4, 0.5) is 0 Å². The number of carbonyl (C=O) groups excluding carboxylic acids is 3. The minimum absolute atomic E-state index is 0.0528. The maximum atomic E-state index is 12.1. The van der Waals surface area contributed by atoms with E-state index in [1.54, 1.807) is 24.3 Å². The molecule has 0 saturated heterocycles. The van der Waals surface area contributed by atoms with Crippen molar-refractivity contribution < 1.29 is 19.1 Å². The van der Waals surface area contributed by atoms with Crippen LogP contribution in [-0.4, -0.2) is 40.7 Å². The first-order chi connectivity index (χ1) is 9.04. The van der Waals surface area contributed by atoms with Crippen molar-refractivity contribution in [3.63, 3.8) is 0 Å². The molecule has 0 fully saturated rings. The lowest BCUT2D eigenvalue weighted by Crippen LogP contribution is -2.39. The average Bonchev–Trinajstić information content (AvgIpc) is 2.63. The van der Waals surface area contributed by atoms with E-state index >= 15 is 0 Å². The molecule has 5 nitrogen and oxygen atoms in total. The van der Waals surface area contributed by atoms with Gasteiger partial charge in [0.1, 0.15) is 6.10 Å². The van der Waals surface area contributed by atoms with Gasteiger partial charge in [-0.2, -0.15) is 0 Å². The molecular weight excluding hydrogens is 314 g/mol. The summed E-state index contributed by atoms with van der Waals surface area (Å²) < 4.78 is 5.03. The van der Waals surface area contributed by atoms with Crippen LogP contribution in [0.15, 0.2) is 24.3 Å². The van der Waals surface area contributed by atoms with E-state index in [1.807, 2.05) is 0 Å². The van der Waals surface area contributed by atoms with Gasteiger partial charge in [-0.25, -0.2) is 0 Å². The Hall–Kier alpha value is -1.69. The number of carbonyl (C=O) groups is 3. The van der Waals surface area contributed by atoms with Gasteiger partial charge in [-0.1, -0.05) is 28.1 Å².